The highest BCUT2D eigenvalue weighted by molar-refractivity contribution is 7.99. The van der Waals surface area contributed by atoms with Crippen molar-refractivity contribution in [2.24, 2.45) is 0 Å². The molecule has 0 fully saturated rings. The van der Waals surface area contributed by atoms with E-state index < -0.39 is 10.0 Å². The highest BCUT2D eigenvalue weighted by atomic mass is 32.2. The van der Waals surface area contributed by atoms with Crippen molar-refractivity contribution >= 4 is 21.8 Å². The van der Waals surface area contributed by atoms with E-state index in [-0.39, 0.29) is 5.75 Å². The van der Waals surface area contributed by atoms with Crippen LogP contribution in [-0.4, -0.2) is 38.8 Å². The molecule has 0 radical (unpaired) electrons. The van der Waals surface area contributed by atoms with E-state index in [1.54, 1.807) is 6.92 Å². The third-order valence-electron chi connectivity index (χ3n) is 3.68. The number of hydrogen-bond acceptors (Lipinski definition) is 4. The van der Waals surface area contributed by atoms with Crippen molar-refractivity contribution in [3.8, 4) is 0 Å². The zero-order valence-corrected chi connectivity index (χ0v) is 14.1. The van der Waals surface area contributed by atoms with Crippen molar-refractivity contribution in [1.82, 2.24) is 10.0 Å². The fourth-order valence-electron chi connectivity index (χ4n) is 2.44. The van der Waals surface area contributed by atoms with Crippen LogP contribution in [0.2, 0.25) is 0 Å². The van der Waals surface area contributed by atoms with Crippen LogP contribution in [0.1, 0.15) is 30.5 Å². The van der Waals surface area contributed by atoms with E-state index >= 15 is 0 Å². The lowest BCUT2D eigenvalue weighted by atomic mass is 10.00. The number of nitrogens with one attached hydrogen (secondary N) is 2. The Hall–Kier alpha value is -0.560. The van der Waals surface area contributed by atoms with Crippen molar-refractivity contribution in [3.05, 3.63) is 35.4 Å². The summed E-state index contributed by atoms with van der Waals surface area (Å²) in [4.78, 5) is 0. The summed E-state index contributed by atoms with van der Waals surface area (Å²) in [5.74, 6) is 2.40. The van der Waals surface area contributed by atoms with Crippen molar-refractivity contribution in [2.75, 3.05) is 30.3 Å². The van der Waals surface area contributed by atoms with Crippen LogP contribution in [0.25, 0.3) is 0 Å². The molecule has 0 spiro atoms. The Morgan fingerprint density at radius 2 is 2.10 bits per heavy atom. The average Bonchev–Trinajstić information content (AvgIpc) is 2.69. The van der Waals surface area contributed by atoms with Gasteiger partial charge in [-0.05, 0) is 43.2 Å². The SMILES string of the molecule is CCS(=O)(=O)NCCCN[C@@H]1CSCCc2ccccc21. The van der Waals surface area contributed by atoms with Crippen LogP contribution in [-0.2, 0) is 16.4 Å². The van der Waals surface area contributed by atoms with Gasteiger partial charge in [0.25, 0.3) is 0 Å². The molecule has 0 saturated carbocycles. The first-order chi connectivity index (χ1) is 10.1. The van der Waals surface area contributed by atoms with Gasteiger partial charge in [0.15, 0.2) is 0 Å². The lowest BCUT2D eigenvalue weighted by Crippen LogP contribution is -2.30. The normalized spacial score (nSPS) is 19.0. The lowest BCUT2D eigenvalue weighted by molar-refractivity contribution is 0.550. The Morgan fingerprint density at radius 1 is 1.29 bits per heavy atom. The summed E-state index contributed by atoms with van der Waals surface area (Å²) in [5, 5.41) is 3.57. The molecule has 4 nitrogen and oxygen atoms in total. The van der Waals surface area contributed by atoms with Gasteiger partial charge in [-0.1, -0.05) is 24.3 Å². The van der Waals surface area contributed by atoms with Gasteiger partial charge in [-0.25, -0.2) is 13.1 Å². The van der Waals surface area contributed by atoms with E-state index in [0.717, 1.165) is 25.1 Å². The van der Waals surface area contributed by atoms with Gasteiger partial charge in [0.05, 0.1) is 5.75 Å². The molecule has 1 aliphatic heterocycles. The van der Waals surface area contributed by atoms with E-state index in [0.29, 0.717) is 12.6 Å². The molecule has 0 amide bonds. The minimum absolute atomic E-state index is 0.146. The number of aryl methyl sites for hydroxylation is 1. The summed E-state index contributed by atoms with van der Waals surface area (Å²) in [7, 11) is -3.06. The Morgan fingerprint density at radius 3 is 2.90 bits per heavy atom. The molecule has 1 aromatic rings. The molecule has 2 rings (SSSR count). The number of benzene rings is 1. The fraction of sp³-hybridized carbons (Fsp3) is 0.600. The molecule has 21 heavy (non-hydrogen) atoms. The molecular formula is C15H24N2O2S2. The number of hydrogen-bond donors (Lipinski definition) is 2. The van der Waals surface area contributed by atoms with Crippen LogP contribution in [0.3, 0.4) is 0 Å². The van der Waals surface area contributed by atoms with Gasteiger partial charge in [0.2, 0.25) is 10.0 Å². The molecule has 1 aromatic carbocycles. The zero-order valence-electron chi connectivity index (χ0n) is 12.5. The predicted octanol–water partition coefficient (Wildman–Crippen LogP) is 1.94. The molecule has 0 unspecified atom stereocenters. The van der Waals surface area contributed by atoms with E-state index in [4.69, 9.17) is 0 Å². The monoisotopic (exact) mass is 328 g/mol. The molecule has 0 bridgehead atoms. The smallest absolute Gasteiger partial charge is 0.211 e. The summed E-state index contributed by atoms with van der Waals surface area (Å²) in [6.07, 6.45) is 1.94. The second-order valence-corrected chi connectivity index (χ2v) is 8.43. The molecule has 118 valence electrons. The molecule has 0 aromatic heterocycles. The van der Waals surface area contributed by atoms with Gasteiger partial charge in [0.1, 0.15) is 0 Å². The number of fused-ring (bicyclic) bond motifs is 1. The van der Waals surface area contributed by atoms with Crippen molar-refractivity contribution in [1.29, 1.82) is 0 Å². The largest absolute Gasteiger partial charge is 0.309 e. The van der Waals surface area contributed by atoms with Gasteiger partial charge in [-0.3, -0.25) is 0 Å². The molecule has 1 heterocycles. The summed E-state index contributed by atoms with van der Waals surface area (Å²) >= 11 is 1.98. The van der Waals surface area contributed by atoms with Crippen molar-refractivity contribution in [2.45, 2.75) is 25.8 Å². The van der Waals surface area contributed by atoms with Gasteiger partial charge >= 0.3 is 0 Å². The molecule has 6 heteroatoms. The first-order valence-corrected chi connectivity index (χ1v) is 10.3. The average molecular weight is 329 g/mol. The van der Waals surface area contributed by atoms with Gasteiger partial charge in [-0.2, -0.15) is 11.8 Å². The van der Waals surface area contributed by atoms with Gasteiger partial charge in [0, 0.05) is 18.3 Å². The second-order valence-electron chi connectivity index (χ2n) is 5.18. The van der Waals surface area contributed by atoms with Crippen LogP contribution in [0.4, 0.5) is 0 Å². The van der Waals surface area contributed by atoms with Crippen molar-refractivity contribution < 1.29 is 8.42 Å². The maximum absolute atomic E-state index is 11.3. The Balaban J connectivity index is 1.81. The summed E-state index contributed by atoms with van der Waals surface area (Å²) in [5.41, 5.74) is 2.84. The molecular weight excluding hydrogens is 304 g/mol. The van der Waals surface area contributed by atoms with E-state index in [9.17, 15) is 8.42 Å². The minimum atomic E-state index is -3.06. The van der Waals surface area contributed by atoms with Crippen LogP contribution in [0.5, 0.6) is 0 Å². The Bertz CT molecular complexity index is 546. The van der Waals surface area contributed by atoms with E-state index in [1.165, 1.54) is 16.9 Å². The quantitative estimate of drug-likeness (QED) is 0.751. The first-order valence-electron chi connectivity index (χ1n) is 7.48. The highest BCUT2D eigenvalue weighted by Crippen LogP contribution is 2.27. The molecule has 2 N–H and O–H groups in total. The zero-order chi connectivity index (χ0) is 15.1. The standard InChI is InChI=1S/C15H24N2O2S2/c1-2-21(18,19)17-10-5-9-16-15-12-20-11-8-13-6-3-4-7-14(13)15/h3-4,6-7,15-17H,2,5,8-12H2,1H3/t15-/m1/s1. The Labute approximate surface area is 132 Å². The van der Waals surface area contributed by atoms with Crippen LogP contribution >= 0.6 is 11.8 Å². The summed E-state index contributed by atoms with van der Waals surface area (Å²) < 4.78 is 25.3. The third kappa shape index (κ3) is 5.29. The predicted molar refractivity (Wildman–Crippen MR) is 90.3 cm³/mol. The number of sulfonamides is 1. The van der Waals surface area contributed by atoms with Crippen LogP contribution < -0.4 is 10.0 Å². The summed E-state index contributed by atoms with van der Waals surface area (Å²) in [6.45, 7) is 2.98. The maximum Gasteiger partial charge on any atom is 0.211 e. The topological polar surface area (TPSA) is 58.2 Å². The number of thioether (sulfide) groups is 1. The molecule has 0 saturated heterocycles. The third-order valence-corrected chi connectivity index (χ3v) is 6.14. The molecule has 1 atom stereocenters. The first kappa shape index (κ1) is 16.8. The Kier molecular flexibility index (Phi) is 6.54. The molecule has 1 aliphatic rings. The van der Waals surface area contributed by atoms with E-state index in [1.807, 2.05) is 11.8 Å². The summed E-state index contributed by atoms with van der Waals surface area (Å²) in [6, 6.07) is 8.99. The maximum atomic E-state index is 11.3. The minimum Gasteiger partial charge on any atom is -0.309 e. The lowest BCUT2D eigenvalue weighted by Gasteiger charge is -2.19. The highest BCUT2D eigenvalue weighted by Gasteiger charge is 2.17. The van der Waals surface area contributed by atoms with Gasteiger partial charge in [-0.15, -0.1) is 0 Å². The number of rotatable bonds is 7. The second kappa shape index (κ2) is 8.17. The van der Waals surface area contributed by atoms with Crippen LogP contribution in [0, 0.1) is 0 Å². The molecule has 0 aliphatic carbocycles. The van der Waals surface area contributed by atoms with Gasteiger partial charge < -0.3 is 5.32 Å². The van der Waals surface area contributed by atoms with E-state index in [2.05, 4.69) is 34.3 Å². The van der Waals surface area contributed by atoms with Crippen molar-refractivity contribution in [3.63, 3.8) is 0 Å². The van der Waals surface area contributed by atoms with Crippen LogP contribution in [0.15, 0.2) is 24.3 Å². The fourth-order valence-corrected chi connectivity index (χ4v) is 4.16.